The van der Waals surface area contributed by atoms with Gasteiger partial charge in [-0.25, -0.2) is 0 Å². The van der Waals surface area contributed by atoms with E-state index in [9.17, 15) is 0 Å². The van der Waals surface area contributed by atoms with Crippen molar-refractivity contribution < 1.29 is 4.52 Å². The quantitative estimate of drug-likeness (QED) is 0.899. The number of nitrogens with zero attached hydrogens (tertiary/aromatic N) is 2. The van der Waals surface area contributed by atoms with Crippen LogP contribution in [0.15, 0.2) is 28.8 Å². The van der Waals surface area contributed by atoms with Gasteiger partial charge in [-0.1, -0.05) is 35.0 Å². The molecule has 0 saturated carbocycles. The molecule has 1 aliphatic heterocycles. The van der Waals surface area contributed by atoms with Crippen molar-refractivity contribution >= 4 is 0 Å². The zero-order chi connectivity index (χ0) is 12.4. The number of hydrogen-bond acceptors (Lipinski definition) is 4. The van der Waals surface area contributed by atoms with Gasteiger partial charge in [-0.05, 0) is 31.9 Å². The molecule has 0 amide bonds. The zero-order valence-corrected chi connectivity index (χ0v) is 10.5. The maximum atomic E-state index is 5.33. The molecule has 94 valence electrons. The van der Waals surface area contributed by atoms with E-state index in [2.05, 4.69) is 46.6 Å². The fourth-order valence-corrected chi connectivity index (χ4v) is 2.38. The molecule has 1 N–H and O–H groups in total. The molecule has 0 aliphatic carbocycles. The summed E-state index contributed by atoms with van der Waals surface area (Å²) < 4.78 is 5.33. The topological polar surface area (TPSA) is 51.0 Å². The third kappa shape index (κ3) is 2.43. The third-order valence-corrected chi connectivity index (χ3v) is 3.29. The zero-order valence-electron chi connectivity index (χ0n) is 10.5. The summed E-state index contributed by atoms with van der Waals surface area (Å²) in [6, 6.07) is 8.65. The van der Waals surface area contributed by atoms with Gasteiger partial charge in [0.2, 0.25) is 5.89 Å². The summed E-state index contributed by atoms with van der Waals surface area (Å²) in [6.07, 6.45) is 3.00. The molecule has 0 unspecified atom stereocenters. The maximum absolute atomic E-state index is 5.33. The number of hydrogen-bond donors (Lipinski definition) is 1. The molecule has 2 heterocycles. The summed E-state index contributed by atoms with van der Waals surface area (Å²) in [7, 11) is 0. The van der Waals surface area contributed by atoms with E-state index >= 15 is 0 Å². The van der Waals surface area contributed by atoms with E-state index in [0.29, 0.717) is 0 Å². The van der Waals surface area contributed by atoms with Crippen LogP contribution < -0.4 is 5.32 Å². The molecule has 1 atom stereocenters. The monoisotopic (exact) mass is 243 g/mol. The van der Waals surface area contributed by atoms with Crippen LogP contribution >= 0.6 is 0 Å². The van der Waals surface area contributed by atoms with E-state index in [1.807, 2.05) is 0 Å². The van der Waals surface area contributed by atoms with Crippen LogP contribution in [-0.4, -0.2) is 16.7 Å². The highest BCUT2D eigenvalue weighted by Crippen LogP contribution is 2.21. The van der Waals surface area contributed by atoms with E-state index in [0.717, 1.165) is 31.1 Å². The average Bonchev–Trinajstić information content (AvgIpc) is 2.98. The molecular formula is C14H17N3O. The lowest BCUT2D eigenvalue weighted by Crippen LogP contribution is -2.13. The van der Waals surface area contributed by atoms with Crippen molar-refractivity contribution in [3.05, 3.63) is 47.1 Å². The largest absolute Gasteiger partial charge is 0.338 e. The van der Waals surface area contributed by atoms with Gasteiger partial charge in [0, 0.05) is 6.42 Å². The van der Waals surface area contributed by atoms with Crippen LogP contribution in [0.4, 0.5) is 0 Å². The van der Waals surface area contributed by atoms with Crippen molar-refractivity contribution in [2.24, 2.45) is 0 Å². The van der Waals surface area contributed by atoms with Crippen LogP contribution in [0.25, 0.3) is 0 Å². The molecule has 1 aliphatic rings. The van der Waals surface area contributed by atoms with Gasteiger partial charge in [-0.15, -0.1) is 0 Å². The van der Waals surface area contributed by atoms with Crippen LogP contribution in [0.1, 0.15) is 41.7 Å². The van der Waals surface area contributed by atoms with Crippen molar-refractivity contribution in [1.29, 1.82) is 0 Å². The van der Waals surface area contributed by atoms with Crippen molar-refractivity contribution in [3.63, 3.8) is 0 Å². The molecule has 1 aromatic carbocycles. The summed E-state index contributed by atoms with van der Waals surface area (Å²) in [5.41, 5.74) is 2.48. The lowest BCUT2D eigenvalue weighted by molar-refractivity contribution is 0.341. The van der Waals surface area contributed by atoms with E-state index in [1.54, 1.807) is 0 Å². The Bertz CT molecular complexity index is 529. The molecule has 1 saturated heterocycles. The number of aromatic nitrogens is 2. The van der Waals surface area contributed by atoms with Gasteiger partial charge in [0.05, 0.1) is 6.04 Å². The first-order chi connectivity index (χ1) is 8.81. The van der Waals surface area contributed by atoms with Crippen LogP contribution in [0, 0.1) is 6.92 Å². The van der Waals surface area contributed by atoms with Gasteiger partial charge in [-0.3, -0.25) is 0 Å². The first-order valence-electron chi connectivity index (χ1n) is 6.43. The molecule has 4 heteroatoms. The second-order valence-electron chi connectivity index (χ2n) is 4.86. The third-order valence-electron chi connectivity index (χ3n) is 3.29. The minimum Gasteiger partial charge on any atom is -0.338 e. The van der Waals surface area contributed by atoms with E-state index in [1.165, 1.54) is 17.5 Å². The summed E-state index contributed by atoms with van der Waals surface area (Å²) in [6.45, 7) is 3.13. The Morgan fingerprint density at radius 1 is 1.44 bits per heavy atom. The molecule has 0 radical (unpaired) electrons. The molecule has 1 fully saturated rings. The Labute approximate surface area is 106 Å². The van der Waals surface area contributed by atoms with Crippen LogP contribution in [0.2, 0.25) is 0 Å². The minimum absolute atomic E-state index is 0.253. The van der Waals surface area contributed by atoms with Crippen molar-refractivity contribution in [1.82, 2.24) is 15.5 Å². The van der Waals surface area contributed by atoms with Crippen LogP contribution in [0.3, 0.4) is 0 Å². The van der Waals surface area contributed by atoms with Gasteiger partial charge < -0.3 is 9.84 Å². The smallest absolute Gasteiger partial charge is 0.243 e. The molecule has 18 heavy (non-hydrogen) atoms. The number of benzene rings is 1. The van der Waals surface area contributed by atoms with Gasteiger partial charge in [0.15, 0.2) is 5.82 Å². The Kier molecular flexibility index (Phi) is 3.11. The van der Waals surface area contributed by atoms with Crippen molar-refractivity contribution in [3.8, 4) is 0 Å². The maximum Gasteiger partial charge on any atom is 0.243 e. The number of nitrogens with one attached hydrogen (secondary N) is 1. The molecule has 0 spiro atoms. The molecule has 4 nitrogen and oxygen atoms in total. The highest BCUT2D eigenvalue weighted by Gasteiger charge is 2.22. The molecule has 3 rings (SSSR count). The lowest BCUT2D eigenvalue weighted by Gasteiger charge is -2.01. The highest BCUT2D eigenvalue weighted by atomic mass is 16.5. The first-order valence-corrected chi connectivity index (χ1v) is 6.43. The Morgan fingerprint density at radius 3 is 3.17 bits per heavy atom. The van der Waals surface area contributed by atoms with Gasteiger partial charge >= 0.3 is 0 Å². The van der Waals surface area contributed by atoms with E-state index in [-0.39, 0.29) is 6.04 Å². The van der Waals surface area contributed by atoms with Crippen LogP contribution in [0.5, 0.6) is 0 Å². The normalized spacial score (nSPS) is 19.3. The average molecular weight is 243 g/mol. The fourth-order valence-electron chi connectivity index (χ4n) is 2.38. The van der Waals surface area contributed by atoms with Gasteiger partial charge in [0.1, 0.15) is 0 Å². The molecule has 2 aromatic rings. The molecule has 1 aromatic heterocycles. The fraction of sp³-hybridized carbons (Fsp3) is 0.429. The van der Waals surface area contributed by atoms with Crippen molar-refractivity contribution in [2.75, 3.05) is 6.54 Å². The van der Waals surface area contributed by atoms with Gasteiger partial charge in [0.25, 0.3) is 0 Å². The molecule has 0 bridgehead atoms. The second-order valence-corrected chi connectivity index (χ2v) is 4.86. The summed E-state index contributed by atoms with van der Waals surface area (Å²) in [4.78, 5) is 4.48. The van der Waals surface area contributed by atoms with Crippen LogP contribution in [-0.2, 0) is 6.42 Å². The summed E-state index contributed by atoms with van der Waals surface area (Å²) in [5, 5.41) is 7.42. The Morgan fingerprint density at radius 2 is 2.39 bits per heavy atom. The lowest BCUT2D eigenvalue weighted by atomic mass is 10.1. The van der Waals surface area contributed by atoms with Crippen molar-refractivity contribution in [2.45, 2.75) is 32.2 Å². The Balaban J connectivity index is 1.73. The Hall–Kier alpha value is -1.68. The standard InChI is InChI=1S/C14H17N3O/c1-10-4-2-5-11(8-10)9-13-16-14(18-17-13)12-6-3-7-15-12/h2,4-5,8,12,15H,3,6-7,9H2,1H3/t12-/m1/s1. The number of rotatable bonds is 3. The number of aryl methyl sites for hydroxylation is 1. The summed E-state index contributed by atoms with van der Waals surface area (Å²) >= 11 is 0. The minimum atomic E-state index is 0.253. The van der Waals surface area contributed by atoms with Gasteiger partial charge in [-0.2, -0.15) is 4.98 Å². The highest BCUT2D eigenvalue weighted by molar-refractivity contribution is 5.24. The SMILES string of the molecule is Cc1cccc(Cc2noc([C@H]3CCCN3)n2)c1. The predicted octanol–water partition coefficient (Wildman–Crippen LogP) is 2.39. The first kappa shape index (κ1) is 11.4. The molecular weight excluding hydrogens is 226 g/mol. The summed E-state index contributed by atoms with van der Waals surface area (Å²) in [5.74, 6) is 1.50. The second kappa shape index (κ2) is 4.90. The van der Waals surface area contributed by atoms with E-state index < -0.39 is 0 Å². The predicted molar refractivity (Wildman–Crippen MR) is 68.3 cm³/mol. The van der Waals surface area contributed by atoms with E-state index in [4.69, 9.17) is 4.52 Å².